The predicted molar refractivity (Wildman–Crippen MR) is 69.2 cm³/mol. The van der Waals surface area contributed by atoms with Crippen molar-refractivity contribution in [3.05, 3.63) is 40.2 Å². The van der Waals surface area contributed by atoms with Crippen molar-refractivity contribution in [1.82, 2.24) is 4.98 Å². The summed E-state index contributed by atoms with van der Waals surface area (Å²) in [4.78, 5) is 27.5. The third-order valence-corrected chi connectivity index (χ3v) is 3.43. The topological polar surface area (TPSA) is 93.2 Å². The molecule has 2 aromatic heterocycles. The van der Waals surface area contributed by atoms with Gasteiger partial charge in [0.2, 0.25) is 5.76 Å². The number of aryl methyl sites for hydroxylation is 1. The van der Waals surface area contributed by atoms with E-state index in [1.54, 1.807) is 12.3 Å². The molecule has 0 N–H and O–H groups in total. The van der Waals surface area contributed by atoms with E-state index in [0.717, 1.165) is 5.69 Å². The number of hydrogen-bond donors (Lipinski definition) is 0. The fourth-order valence-electron chi connectivity index (χ4n) is 1.46. The Labute approximate surface area is 118 Å². The molecule has 0 aliphatic rings. The van der Waals surface area contributed by atoms with Crippen LogP contribution >= 0.6 is 11.3 Å². The molecule has 0 aliphatic carbocycles. The molecule has 6 nitrogen and oxygen atoms in total. The van der Waals surface area contributed by atoms with Gasteiger partial charge in [0.25, 0.3) is 0 Å². The molecule has 2 heterocycles. The molecular formula is C13H10N2O4S. The number of hydrogen-bond acceptors (Lipinski definition) is 7. The molecule has 0 bridgehead atoms. The van der Waals surface area contributed by atoms with Crippen LogP contribution in [0.25, 0.3) is 0 Å². The van der Waals surface area contributed by atoms with Gasteiger partial charge < -0.3 is 9.15 Å². The van der Waals surface area contributed by atoms with E-state index in [1.165, 1.54) is 29.7 Å². The molecule has 0 radical (unpaired) electrons. The quantitative estimate of drug-likeness (QED) is 0.782. The minimum Gasteiger partial charge on any atom is -0.457 e. The van der Waals surface area contributed by atoms with Crippen LogP contribution in [0.15, 0.2) is 28.2 Å². The summed E-state index contributed by atoms with van der Waals surface area (Å²) in [7, 11) is 0. The molecule has 7 heteroatoms. The van der Waals surface area contributed by atoms with Crippen molar-refractivity contribution < 1.29 is 18.7 Å². The maximum Gasteiger partial charge on any atom is 0.374 e. The Hall–Kier alpha value is -2.46. The normalized spacial score (nSPS) is 11.6. The number of ketones is 1. The van der Waals surface area contributed by atoms with Crippen LogP contribution in [0, 0.1) is 18.3 Å². The zero-order chi connectivity index (χ0) is 14.5. The lowest BCUT2D eigenvalue weighted by molar-refractivity contribution is -0.122. The van der Waals surface area contributed by atoms with Crippen LogP contribution in [-0.2, 0) is 9.53 Å². The highest BCUT2D eigenvalue weighted by Crippen LogP contribution is 2.20. The Bertz CT molecular complexity index is 654. The fourth-order valence-corrected chi connectivity index (χ4v) is 2.32. The molecule has 0 spiro atoms. The van der Waals surface area contributed by atoms with E-state index in [0.29, 0.717) is 5.01 Å². The van der Waals surface area contributed by atoms with Gasteiger partial charge in [-0.3, -0.25) is 4.79 Å². The van der Waals surface area contributed by atoms with Crippen molar-refractivity contribution in [2.45, 2.75) is 12.8 Å². The van der Waals surface area contributed by atoms with Gasteiger partial charge in [0, 0.05) is 11.1 Å². The molecule has 1 atom stereocenters. The molecule has 0 fully saturated rings. The van der Waals surface area contributed by atoms with Crippen LogP contribution in [0.5, 0.6) is 0 Å². The van der Waals surface area contributed by atoms with Crippen molar-refractivity contribution in [1.29, 1.82) is 5.26 Å². The van der Waals surface area contributed by atoms with Gasteiger partial charge in [-0.2, -0.15) is 5.26 Å². The number of carbonyl (C=O) groups excluding carboxylic acids is 2. The number of rotatable bonds is 5. The number of esters is 1. The highest BCUT2D eigenvalue weighted by molar-refractivity contribution is 7.09. The maximum absolute atomic E-state index is 11.9. The first kappa shape index (κ1) is 14.0. The summed E-state index contributed by atoms with van der Waals surface area (Å²) in [5.41, 5.74) is 0.741. The molecule has 2 aromatic rings. The molecular weight excluding hydrogens is 280 g/mol. The molecule has 0 aromatic carbocycles. The monoisotopic (exact) mass is 290 g/mol. The molecule has 2 rings (SSSR count). The number of thiazole rings is 1. The number of nitriles is 1. The van der Waals surface area contributed by atoms with Crippen molar-refractivity contribution in [3.8, 4) is 6.07 Å². The van der Waals surface area contributed by atoms with Gasteiger partial charge in [0.05, 0.1) is 12.3 Å². The van der Waals surface area contributed by atoms with Gasteiger partial charge in [-0.25, -0.2) is 9.78 Å². The molecule has 0 amide bonds. The lowest BCUT2D eigenvalue weighted by Crippen LogP contribution is -2.19. The van der Waals surface area contributed by atoms with Crippen molar-refractivity contribution in [2.75, 3.05) is 6.61 Å². The molecule has 102 valence electrons. The SMILES string of the molecule is Cc1csc([C@@H](C#N)C(=O)COC(=O)c2ccco2)n1. The smallest absolute Gasteiger partial charge is 0.374 e. The fraction of sp³-hybridized carbons (Fsp3) is 0.231. The van der Waals surface area contributed by atoms with Gasteiger partial charge in [-0.1, -0.05) is 0 Å². The third-order valence-electron chi connectivity index (χ3n) is 2.40. The highest BCUT2D eigenvalue weighted by atomic mass is 32.1. The van der Waals surface area contributed by atoms with E-state index in [9.17, 15) is 9.59 Å². The Kier molecular flexibility index (Phi) is 4.27. The predicted octanol–water partition coefficient (Wildman–Crippen LogP) is 2.08. The summed E-state index contributed by atoms with van der Waals surface area (Å²) in [6.45, 7) is 1.28. The van der Waals surface area contributed by atoms with Crippen molar-refractivity contribution in [3.63, 3.8) is 0 Å². The summed E-state index contributed by atoms with van der Waals surface area (Å²) in [5.74, 6) is -2.26. The maximum atomic E-state index is 11.9. The van der Waals surface area contributed by atoms with Crippen LogP contribution in [0.1, 0.15) is 27.2 Å². The first-order chi connectivity index (χ1) is 9.61. The number of furan rings is 1. The Morgan fingerprint density at radius 3 is 2.95 bits per heavy atom. The van der Waals surface area contributed by atoms with Gasteiger partial charge in [-0.15, -0.1) is 11.3 Å². The van der Waals surface area contributed by atoms with Crippen LogP contribution in [0.3, 0.4) is 0 Å². The van der Waals surface area contributed by atoms with Crippen LogP contribution in [0.4, 0.5) is 0 Å². The molecule has 0 aliphatic heterocycles. The number of Topliss-reactive ketones (excluding diaryl/α,β-unsaturated/α-hetero) is 1. The summed E-state index contributed by atoms with van der Waals surface area (Å²) >= 11 is 1.23. The zero-order valence-corrected chi connectivity index (χ0v) is 11.3. The lowest BCUT2D eigenvalue weighted by atomic mass is 10.1. The van der Waals surface area contributed by atoms with Gasteiger partial charge in [-0.05, 0) is 19.1 Å². The second-order valence-corrected chi connectivity index (χ2v) is 4.80. The second kappa shape index (κ2) is 6.12. The first-order valence-electron chi connectivity index (χ1n) is 5.67. The van der Waals surface area contributed by atoms with Crippen LogP contribution < -0.4 is 0 Å². The van der Waals surface area contributed by atoms with E-state index in [4.69, 9.17) is 14.4 Å². The van der Waals surface area contributed by atoms with Gasteiger partial charge >= 0.3 is 5.97 Å². The molecule has 0 saturated carbocycles. The van der Waals surface area contributed by atoms with Crippen LogP contribution in [0.2, 0.25) is 0 Å². The minimum atomic E-state index is -1.02. The Balaban J connectivity index is 1.97. The van der Waals surface area contributed by atoms with Gasteiger partial charge in [0.1, 0.15) is 5.01 Å². The third kappa shape index (κ3) is 3.10. The molecule has 0 saturated heterocycles. The highest BCUT2D eigenvalue weighted by Gasteiger charge is 2.25. The Morgan fingerprint density at radius 2 is 2.40 bits per heavy atom. The summed E-state index contributed by atoms with van der Waals surface area (Å²) in [5, 5.41) is 11.2. The number of ether oxygens (including phenoxy) is 1. The molecule has 0 unspecified atom stereocenters. The summed E-state index contributed by atoms with van der Waals surface area (Å²) in [6, 6.07) is 4.84. The zero-order valence-electron chi connectivity index (χ0n) is 10.5. The first-order valence-corrected chi connectivity index (χ1v) is 6.54. The molecule has 20 heavy (non-hydrogen) atoms. The largest absolute Gasteiger partial charge is 0.457 e. The van der Waals surface area contributed by atoms with Crippen molar-refractivity contribution in [2.24, 2.45) is 0 Å². The Morgan fingerprint density at radius 1 is 1.60 bits per heavy atom. The van der Waals surface area contributed by atoms with Crippen LogP contribution in [-0.4, -0.2) is 23.3 Å². The minimum absolute atomic E-state index is 0.0106. The van der Waals surface area contributed by atoms with E-state index >= 15 is 0 Å². The second-order valence-electron chi connectivity index (χ2n) is 3.91. The lowest BCUT2D eigenvalue weighted by Gasteiger charge is -2.05. The van der Waals surface area contributed by atoms with E-state index < -0.39 is 24.3 Å². The number of carbonyl (C=O) groups is 2. The van der Waals surface area contributed by atoms with Crippen molar-refractivity contribution >= 4 is 23.1 Å². The summed E-state index contributed by atoms with van der Waals surface area (Å²) < 4.78 is 9.64. The average molecular weight is 290 g/mol. The number of nitrogens with zero attached hydrogens (tertiary/aromatic N) is 2. The van der Waals surface area contributed by atoms with Gasteiger partial charge in [0.15, 0.2) is 18.3 Å². The summed E-state index contributed by atoms with van der Waals surface area (Å²) in [6.07, 6.45) is 1.33. The van der Waals surface area contributed by atoms with E-state index in [-0.39, 0.29) is 5.76 Å². The standard InChI is InChI=1S/C13H10N2O4S/c1-8-7-20-12(15-8)9(5-14)10(16)6-19-13(17)11-3-2-4-18-11/h2-4,7,9H,6H2,1H3/t9-/m0/s1. The number of aromatic nitrogens is 1. The van der Waals surface area contributed by atoms with E-state index in [1.807, 2.05) is 6.07 Å². The average Bonchev–Trinajstić information content (AvgIpc) is 3.08. The van der Waals surface area contributed by atoms with E-state index in [2.05, 4.69) is 4.98 Å².